The number of hydrogen-bond donors (Lipinski definition) is 1. The molecule has 3 nitrogen and oxygen atoms in total. The summed E-state index contributed by atoms with van der Waals surface area (Å²) in [6.45, 7) is 0. The molecule has 0 unspecified atom stereocenters. The van der Waals surface area contributed by atoms with E-state index in [0.29, 0.717) is 0 Å². The van der Waals surface area contributed by atoms with E-state index < -0.39 is 0 Å². The molecule has 0 radical (unpaired) electrons. The van der Waals surface area contributed by atoms with E-state index in [0.717, 1.165) is 22.3 Å². The Hall–Kier alpha value is -0.870. The number of thioether (sulfide) groups is 1. The van der Waals surface area contributed by atoms with E-state index >= 15 is 0 Å². The SMILES string of the molecule is CNCSc1cc(OC)ccc1OC. The van der Waals surface area contributed by atoms with Crippen LogP contribution in [0, 0.1) is 0 Å². The normalized spacial score (nSPS) is 9.93. The lowest BCUT2D eigenvalue weighted by molar-refractivity contribution is 0.394. The quantitative estimate of drug-likeness (QED) is 0.598. The molecule has 0 heterocycles. The fourth-order valence-electron chi connectivity index (χ4n) is 1.05. The summed E-state index contributed by atoms with van der Waals surface area (Å²) >= 11 is 1.69. The molecule has 0 spiro atoms. The molecule has 4 heteroatoms. The maximum absolute atomic E-state index is 5.24. The van der Waals surface area contributed by atoms with Gasteiger partial charge in [-0.15, -0.1) is 11.8 Å². The van der Waals surface area contributed by atoms with Crippen molar-refractivity contribution in [2.24, 2.45) is 0 Å². The summed E-state index contributed by atoms with van der Waals surface area (Å²) in [7, 11) is 5.25. The van der Waals surface area contributed by atoms with E-state index in [1.165, 1.54) is 0 Å². The third-order valence-corrected chi connectivity index (χ3v) is 2.81. The van der Waals surface area contributed by atoms with Crippen molar-refractivity contribution in [3.05, 3.63) is 18.2 Å². The number of nitrogens with one attached hydrogen (secondary N) is 1. The Morgan fingerprint density at radius 3 is 2.64 bits per heavy atom. The standard InChI is InChI=1S/C10H15NO2S/c1-11-7-14-10-6-8(12-2)4-5-9(10)13-3/h4-6,11H,7H2,1-3H3. The van der Waals surface area contributed by atoms with Crippen molar-refractivity contribution in [1.29, 1.82) is 0 Å². The Labute approximate surface area is 88.8 Å². The van der Waals surface area contributed by atoms with Crippen molar-refractivity contribution >= 4 is 11.8 Å². The van der Waals surface area contributed by atoms with Gasteiger partial charge in [0.25, 0.3) is 0 Å². The van der Waals surface area contributed by atoms with Crippen LogP contribution in [0.1, 0.15) is 0 Å². The zero-order chi connectivity index (χ0) is 10.4. The topological polar surface area (TPSA) is 30.5 Å². The van der Waals surface area contributed by atoms with Crippen LogP contribution in [0.2, 0.25) is 0 Å². The van der Waals surface area contributed by atoms with Gasteiger partial charge in [0.1, 0.15) is 11.5 Å². The van der Waals surface area contributed by atoms with Crippen LogP contribution < -0.4 is 14.8 Å². The van der Waals surface area contributed by atoms with Crippen molar-refractivity contribution in [2.75, 3.05) is 27.1 Å². The summed E-state index contributed by atoms with van der Waals surface area (Å²) in [5.74, 6) is 2.58. The monoisotopic (exact) mass is 213 g/mol. The van der Waals surface area contributed by atoms with E-state index in [4.69, 9.17) is 9.47 Å². The van der Waals surface area contributed by atoms with Crippen LogP contribution in [0.25, 0.3) is 0 Å². The van der Waals surface area contributed by atoms with Crippen LogP contribution >= 0.6 is 11.8 Å². The van der Waals surface area contributed by atoms with Gasteiger partial charge in [0.2, 0.25) is 0 Å². The maximum atomic E-state index is 5.24. The van der Waals surface area contributed by atoms with E-state index in [9.17, 15) is 0 Å². The van der Waals surface area contributed by atoms with E-state index in [1.807, 2.05) is 25.2 Å². The fourth-order valence-corrected chi connectivity index (χ4v) is 1.84. The number of ether oxygens (including phenoxy) is 2. The van der Waals surface area contributed by atoms with Crippen LogP contribution in [0.4, 0.5) is 0 Å². The molecule has 0 aliphatic rings. The molecule has 0 aliphatic heterocycles. The average molecular weight is 213 g/mol. The second-order valence-electron chi connectivity index (χ2n) is 2.66. The van der Waals surface area contributed by atoms with Gasteiger partial charge in [-0.25, -0.2) is 0 Å². The highest BCUT2D eigenvalue weighted by atomic mass is 32.2. The molecule has 1 aromatic carbocycles. The van der Waals surface area contributed by atoms with Gasteiger partial charge in [0.05, 0.1) is 19.1 Å². The molecule has 1 aromatic rings. The molecule has 1 rings (SSSR count). The second kappa shape index (κ2) is 5.78. The van der Waals surface area contributed by atoms with Gasteiger partial charge in [-0.05, 0) is 25.2 Å². The van der Waals surface area contributed by atoms with Gasteiger partial charge in [0.15, 0.2) is 0 Å². The Bertz CT molecular complexity index is 291. The second-order valence-corrected chi connectivity index (χ2v) is 3.68. The minimum Gasteiger partial charge on any atom is -0.497 e. The van der Waals surface area contributed by atoms with Crippen molar-refractivity contribution < 1.29 is 9.47 Å². The number of hydrogen-bond acceptors (Lipinski definition) is 4. The molecule has 0 atom stereocenters. The highest BCUT2D eigenvalue weighted by Crippen LogP contribution is 2.31. The van der Waals surface area contributed by atoms with Gasteiger partial charge >= 0.3 is 0 Å². The largest absolute Gasteiger partial charge is 0.497 e. The smallest absolute Gasteiger partial charge is 0.132 e. The first-order chi connectivity index (χ1) is 6.81. The van der Waals surface area contributed by atoms with Gasteiger partial charge in [-0.2, -0.15) is 0 Å². The third kappa shape index (κ3) is 2.82. The average Bonchev–Trinajstić information content (AvgIpc) is 2.25. The Kier molecular flexibility index (Phi) is 4.62. The predicted molar refractivity (Wildman–Crippen MR) is 59.3 cm³/mol. The van der Waals surface area contributed by atoms with Crippen LogP contribution in [-0.4, -0.2) is 27.1 Å². The molecule has 1 N–H and O–H groups in total. The summed E-state index contributed by atoms with van der Waals surface area (Å²) in [5.41, 5.74) is 0. The first kappa shape index (κ1) is 11.2. The van der Waals surface area contributed by atoms with Crippen LogP contribution in [0.5, 0.6) is 11.5 Å². The van der Waals surface area contributed by atoms with Crippen molar-refractivity contribution in [3.8, 4) is 11.5 Å². The molecule has 0 bridgehead atoms. The highest BCUT2D eigenvalue weighted by molar-refractivity contribution is 7.99. The van der Waals surface area contributed by atoms with Crippen LogP contribution in [0.3, 0.4) is 0 Å². The summed E-state index contributed by atoms with van der Waals surface area (Å²) in [6.07, 6.45) is 0. The first-order valence-corrected chi connectivity index (χ1v) is 5.29. The lowest BCUT2D eigenvalue weighted by Crippen LogP contribution is -2.03. The van der Waals surface area contributed by atoms with Crippen molar-refractivity contribution in [2.45, 2.75) is 4.90 Å². The van der Waals surface area contributed by atoms with Crippen LogP contribution in [0.15, 0.2) is 23.1 Å². The molecule has 0 saturated carbocycles. The van der Waals surface area contributed by atoms with Crippen molar-refractivity contribution in [3.63, 3.8) is 0 Å². The molecular formula is C10H15NO2S. The molecule has 0 saturated heterocycles. The van der Waals surface area contributed by atoms with Gasteiger partial charge in [-0.1, -0.05) is 0 Å². The Balaban J connectivity index is 2.84. The molecule has 0 aliphatic carbocycles. The minimum absolute atomic E-state index is 0.851. The summed E-state index contributed by atoms with van der Waals surface area (Å²) in [4.78, 5) is 1.08. The van der Waals surface area contributed by atoms with Crippen molar-refractivity contribution in [1.82, 2.24) is 5.32 Å². The van der Waals surface area contributed by atoms with Crippen LogP contribution in [-0.2, 0) is 0 Å². The van der Waals surface area contributed by atoms with Gasteiger partial charge in [-0.3, -0.25) is 0 Å². The highest BCUT2D eigenvalue weighted by Gasteiger charge is 2.04. The zero-order valence-corrected chi connectivity index (χ0v) is 9.48. The lowest BCUT2D eigenvalue weighted by atomic mass is 10.3. The molecule has 0 aromatic heterocycles. The minimum atomic E-state index is 0.851. The number of rotatable bonds is 5. The first-order valence-electron chi connectivity index (χ1n) is 4.31. The Morgan fingerprint density at radius 1 is 1.29 bits per heavy atom. The fraction of sp³-hybridized carbons (Fsp3) is 0.400. The Morgan fingerprint density at radius 2 is 2.07 bits per heavy atom. The number of methoxy groups -OCH3 is 2. The summed E-state index contributed by atoms with van der Waals surface area (Å²) < 4.78 is 10.4. The molecular weight excluding hydrogens is 198 g/mol. The van der Waals surface area contributed by atoms with E-state index in [-0.39, 0.29) is 0 Å². The van der Waals surface area contributed by atoms with Gasteiger partial charge < -0.3 is 14.8 Å². The van der Waals surface area contributed by atoms with E-state index in [1.54, 1.807) is 26.0 Å². The zero-order valence-electron chi connectivity index (χ0n) is 8.66. The molecule has 14 heavy (non-hydrogen) atoms. The molecule has 0 fully saturated rings. The predicted octanol–water partition coefficient (Wildman–Crippen LogP) is 1.97. The number of benzene rings is 1. The molecule has 78 valence electrons. The maximum Gasteiger partial charge on any atom is 0.132 e. The van der Waals surface area contributed by atoms with E-state index in [2.05, 4.69) is 5.32 Å². The third-order valence-electron chi connectivity index (χ3n) is 1.74. The van der Waals surface area contributed by atoms with Gasteiger partial charge in [0, 0.05) is 5.88 Å². The molecule has 0 amide bonds. The lowest BCUT2D eigenvalue weighted by Gasteiger charge is -2.09. The summed E-state index contributed by atoms with van der Waals surface area (Å²) in [6, 6.07) is 5.78. The summed E-state index contributed by atoms with van der Waals surface area (Å²) in [5, 5.41) is 3.07.